The molecule has 0 spiro atoms. The lowest BCUT2D eigenvalue weighted by molar-refractivity contribution is 0.0718. The quantitative estimate of drug-likeness (QED) is 0.805. The number of rotatable bonds is 5. The van der Waals surface area contributed by atoms with Gasteiger partial charge in [-0.05, 0) is 37.8 Å². The second-order valence-corrected chi connectivity index (χ2v) is 8.00. The number of aliphatic hydroxyl groups is 1. The van der Waals surface area contributed by atoms with Crippen LogP contribution in [0.5, 0.6) is 0 Å². The van der Waals surface area contributed by atoms with Crippen LogP contribution in [0.15, 0.2) is 12.1 Å². The van der Waals surface area contributed by atoms with E-state index in [4.69, 9.17) is 5.11 Å². The Morgan fingerprint density at radius 1 is 1.22 bits per heavy atom. The molecular formula is C18H23N5O3S. The fourth-order valence-electron chi connectivity index (χ4n) is 3.81. The predicted molar refractivity (Wildman–Crippen MR) is 99.7 cm³/mol. The second kappa shape index (κ2) is 7.77. The van der Waals surface area contributed by atoms with Crippen LogP contribution in [-0.2, 0) is 13.0 Å². The molecule has 1 atom stereocenters. The van der Waals surface area contributed by atoms with Gasteiger partial charge in [0.25, 0.3) is 11.8 Å². The molecule has 0 bridgehead atoms. The van der Waals surface area contributed by atoms with Crippen molar-refractivity contribution >= 4 is 23.2 Å². The third-order valence-electron chi connectivity index (χ3n) is 5.14. The summed E-state index contributed by atoms with van der Waals surface area (Å²) in [5.41, 5.74) is 0. The summed E-state index contributed by atoms with van der Waals surface area (Å²) in [6, 6.07) is 3.68. The molecule has 8 nitrogen and oxygen atoms in total. The number of carbonyl (C=O) groups excluding carboxylic acids is 2. The van der Waals surface area contributed by atoms with Gasteiger partial charge >= 0.3 is 0 Å². The van der Waals surface area contributed by atoms with Gasteiger partial charge in [-0.2, -0.15) is 0 Å². The van der Waals surface area contributed by atoms with Gasteiger partial charge in [0.05, 0.1) is 17.5 Å². The van der Waals surface area contributed by atoms with Crippen LogP contribution in [0, 0.1) is 0 Å². The van der Waals surface area contributed by atoms with Gasteiger partial charge in [-0.15, -0.1) is 21.5 Å². The number of hydrogen-bond acceptors (Lipinski definition) is 6. The number of aromatic nitrogens is 3. The summed E-state index contributed by atoms with van der Waals surface area (Å²) in [6.45, 7) is 1.64. The topological polar surface area (TPSA) is 100 Å². The molecule has 2 aliphatic heterocycles. The average Bonchev–Trinajstić information content (AvgIpc) is 3.43. The van der Waals surface area contributed by atoms with Crippen LogP contribution < -0.4 is 5.32 Å². The van der Waals surface area contributed by atoms with Gasteiger partial charge < -0.3 is 19.9 Å². The molecule has 0 radical (unpaired) electrons. The zero-order valence-electron chi connectivity index (χ0n) is 15.1. The van der Waals surface area contributed by atoms with E-state index >= 15 is 0 Å². The van der Waals surface area contributed by atoms with E-state index in [-0.39, 0.29) is 31.0 Å². The molecule has 1 fully saturated rings. The van der Waals surface area contributed by atoms with Crippen molar-refractivity contribution in [3.63, 3.8) is 0 Å². The van der Waals surface area contributed by atoms with Gasteiger partial charge in [-0.25, -0.2) is 0 Å². The summed E-state index contributed by atoms with van der Waals surface area (Å²) >= 11 is 1.41. The summed E-state index contributed by atoms with van der Waals surface area (Å²) in [5, 5.41) is 19.9. The van der Waals surface area contributed by atoms with E-state index in [2.05, 4.69) is 15.5 Å². The molecule has 1 saturated heterocycles. The van der Waals surface area contributed by atoms with Crippen molar-refractivity contribution in [2.24, 2.45) is 0 Å². The molecule has 2 N–H and O–H groups in total. The maximum Gasteiger partial charge on any atom is 0.292 e. The van der Waals surface area contributed by atoms with Crippen LogP contribution in [0.2, 0.25) is 0 Å². The number of fused-ring (bicyclic) bond motifs is 1. The maximum absolute atomic E-state index is 13.1. The zero-order valence-corrected chi connectivity index (χ0v) is 15.9. The number of thiophene rings is 1. The normalized spacial score (nSPS) is 19.1. The van der Waals surface area contributed by atoms with E-state index in [1.165, 1.54) is 11.3 Å². The van der Waals surface area contributed by atoms with Gasteiger partial charge in [0, 0.05) is 30.9 Å². The molecule has 4 heterocycles. The standard InChI is InChI=1S/C18H23N5O3S/c24-11-8-19-17(25)14-7-6-13(27-14)12-4-3-10-22(12)18(26)16-21-20-15-5-1-2-9-23(15)16/h6-7,12,24H,1-5,8-11H2,(H,19,25). The highest BCUT2D eigenvalue weighted by Crippen LogP contribution is 2.37. The van der Waals surface area contributed by atoms with Crippen LogP contribution in [0.25, 0.3) is 0 Å². The van der Waals surface area contributed by atoms with Crippen LogP contribution in [-0.4, -0.2) is 56.3 Å². The summed E-state index contributed by atoms with van der Waals surface area (Å²) in [4.78, 5) is 28.7. The van der Waals surface area contributed by atoms with Gasteiger partial charge in [0.15, 0.2) is 0 Å². The average molecular weight is 389 g/mol. The van der Waals surface area contributed by atoms with E-state index in [1.54, 1.807) is 6.07 Å². The molecule has 27 heavy (non-hydrogen) atoms. The third-order valence-corrected chi connectivity index (χ3v) is 6.33. The van der Waals surface area contributed by atoms with Crippen molar-refractivity contribution in [3.05, 3.63) is 33.5 Å². The van der Waals surface area contributed by atoms with E-state index in [1.807, 2.05) is 15.5 Å². The first-order valence-corrected chi connectivity index (χ1v) is 10.2. The fourth-order valence-corrected chi connectivity index (χ4v) is 4.88. The molecule has 0 aromatic carbocycles. The molecule has 1 unspecified atom stereocenters. The van der Waals surface area contributed by atoms with E-state index < -0.39 is 0 Å². The Morgan fingerprint density at radius 2 is 2.11 bits per heavy atom. The molecule has 2 amide bonds. The summed E-state index contributed by atoms with van der Waals surface area (Å²) < 4.78 is 1.96. The Kier molecular flexibility index (Phi) is 5.22. The molecule has 2 aromatic rings. The second-order valence-electron chi connectivity index (χ2n) is 6.89. The number of aliphatic hydroxyl groups excluding tert-OH is 1. The summed E-state index contributed by atoms with van der Waals surface area (Å²) in [7, 11) is 0. The van der Waals surface area contributed by atoms with Gasteiger partial charge in [0.2, 0.25) is 5.82 Å². The lowest BCUT2D eigenvalue weighted by Crippen LogP contribution is -2.33. The number of nitrogens with one attached hydrogen (secondary N) is 1. The highest BCUT2D eigenvalue weighted by Gasteiger charge is 2.35. The van der Waals surface area contributed by atoms with Crippen molar-refractivity contribution in [2.45, 2.75) is 44.7 Å². The zero-order chi connectivity index (χ0) is 18.8. The van der Waals surface area contributed by atoms with Crippen molar-refractivity contribution in [1.82, 2.24) is 25.0 Å². The van der Waals surface area contributed by atoms with Crippen LogP contribution in [0.4, 0.5) is 0 Å². The Hall–Kier alpha value is -2.26. The number of hydrogen-bond donors (Lipinski definition) is 2. The highest BCUT2D eigenvalue weighted by atomic mass is 32.1. The predicted octanol–water partition coefficient (Wildman–Crippen LogP) is 1.38. The molecular weight excluding hydrogens is 366 g/mol. The molecule has 9 heteroatoms. The third kappa shape index (κ3) is 3.49. The first kappa shape index (κ1) is 18.1. The minimum Gasteiger partial charge on any atom is -0.395 e. The van der Waals surface area contributed by atoms with Gasteiger partial charge in [-0.3, -0.25) is 9.59 Å². The smallest absolute Gasteiger partial charge is 0.292 e. The van der Waals surface area contributed by atoms with Crippen LogP contribution in [0.3, 0.4) is 0 Å². The minimum atomic E-state index is -0.192. The molecule has 0 saturated carbocycles. The summed E-state index contributed by atoms with van der Waals surface area (Å²) in [5.74, 6) is 1.08. The minimum absolute atomic E-state index is 0.0292. The molecule has 4 rings (SSSR count). The van der Waals surface area contributed by atoms with Crippen molar-refractivity contribution in [2.75, 3.05) is 19.7 Å². The van der Waals surface area contributed by atoms with E-state index in [9.17, 15) is 9.59 Å². The van der Waals surface area contributed by atoms with Gasteiger partial charge in [0.1, 0.15) is 5.82 Å². The Balaban J connectivity index is 1.53. The summed E-state index contributed by atoms with van der Waals surface area (Å²) in [6.07, 6.45) is 4.83. The Bertz CT molecular complexity index is 846. The SMILES string of the molecule is O=C(NCCO)c1ccc(C2CCCN2C(=O)c2nnc3n2CCCC3)s1. The number of carbonyl (C=O) groups is 2. The van der Waals surface area contributed by atoms with E-state index in [0.29, 0.717) is 17.2 Å². The van der Waals surface area contributed by atoms with Crippen LogP contribution >= 0.6 is 11.3 Å². The maximum atomic E-state index is 13.1. The lowest BCUT2D eigenvalue weighted by atomic mass is 10.1. The molecule has 2 aromatic heterocycles. The largest absolute Gasteiger partial charge is 0.395 e. The highest BCUT2D eigenvalue weighted by molar-refractivity contribution is 7.14. The van der Waals surface area contributed by atoms with Crippen molar-refractivity contribution < 1.29 is 14.7 Å². The molecule has 0 aliphatic carbocycles. The number of nitrogens with zero attached hydrogens (tertiary/aromatic N) is 4. The lowest BCUT2D eigenvalue weighted by Gasteiger charge is -2.24. The number of likely N-dealkylation sites (tertiary alicyclic amines) is 1. The number of aryl methyl sites for hydroxylation is 1. The molecule has 144 valence electrons. The first-order valence-electron chi connectivity index (χ1n) is 9.41. The van der Waals surface area contributed by atoms with Crippen LogP contribution in [0.1, 0.15) is 62.7 Å². The fraction of sp³-hybridized carbons (Fsp3) is 0.556. The monoisotopic (exact) mass is 389 g/mol. The number of amides is 2. The Morgan fingerprint density at radius 3 is 2.96 bits per heavy atom. The molecule has 2 aliphatic rings. The van der Waals surface area contributed by atoms with Crippen molar-refractivity contribution in [1.29, 1.82) is 0 Å². The first-order chi connectivity index (χ1) is 13.2. The van der Waals surface area contributed by atoms with Gasteiger partial charge in [-0.1, -0.05) is 0 Å². The Labute approximate surface area is 161 Å². The van der Waals surface area contributed by atoms with Crippen molar-refractivity contribution in [3.8, 4) is 0 Å². The van der Waals surface area contributed by atoms with E-state index in [0.717, 1.165) is 49.4 Å².